The second kappa shape index (κ2) is 34.3. The summed E-state index contributed by atoms with van der Waals surface area (Å²) in [6.45, 7) is 3.68. The minimum atomic E-state index is -8.89. The first kappa shape index (κ1) is 85.0. The molecule has 1 fully saturated rings. The highest BCUT2D eigenvalue weighted by atomic mass is 33.1. The zero-order chi connectivity index (χ0) is 77.6. The molecule has 0 saturated carbocycles. The molecule has 1 aromatic heterocycles. The molecule has 3 aromatic carbocycles. The summed E-state index contributed by atoms with van der Waals surface area (Å²) in [6, 6.07) is 2.96. The second-order valence-corrected chi connectivity index (χ2v) is 26.9. The Morgan fingerprint density at radius 3 is 1.71 bits per heavy atom. The minimum absolute atomic E-state index is 0.0301. The molecule has 42 heteroatoms. The molecular formula is C61H69F17N10O13S2. The average molecular weight is 1540 g/mol. The van der Waals surface area contributed by atoms with Crippen LogP contribution >= 0.6 is 21.6 Å². The van der Waals surface area contributed by atoms with E-state index in [2.05, 4.69) is 42.2 Å². The number of rotatable bonds is 25. The number of para-hydroxylation sites is 1. The van der Waals surface area contributed by atoms with Gasteiger partial charge in [0.05, 0.1) is 6.10 Å². The maximum absolute atomic E-state index is 15.0. The number of hydrogen-bond acceptors (Lipinski definition) is 14. The quantitative estimate of drug-likeness (QED) is 0.0174. The third kappa shape index (κ3) is 21.3. The van der Waals surface area contributed by atoms with Crippen LogP contribution in [0.25, 0.3) is 10.9 Å². The van der Waals surface area contributed by atoms with Crippen molar-refractivity contribution < 1.29 is 138 Å². The molecule has 572 valence electrons. The number of aromatic nitrogens is 1. The summed E-state index contributed by atoms with van der Waals surface area (Å²) >= 11 is 0. The molecule has 23 nitrogen and oxygen atoms in total. The van der Waals surface area contributed by atoms with Crippen LogP contribution in [0, 0.1) is 0 Å². The van der Waals surface area contributed by atoms with Crippen molar-refractivity contribution in [3.63, 3.8) is 0 Å². The predicted octanol–water partition coefficient (Wildman–Crippen LogP) is 7.43. The van der Waals surface area contributed by atoms with Gasteiger partial charge >= 0.3 is 65.7 Å². The molecule has 1 aliphatic rings. The molecule has 0 radical (unpaired) electrons. The number of unbranched alkanes of at least 4 members (excludes halogenated alkanes) is 1. The molecule has 1 aliphatic heterocycles. The number of carbonyl (C=O) groups excluding carboxylic acids is 8. The molecule has 0 bridgehead atoms. The number of hydrogen-bond donors (Lipinski definition) is 13. The van der Waals surface area contributed by atoms with Gasteiger partial charge in [-0.1, -0.05) is 82.3 Å². The number of urea groups is 1. The van der Waals surface area contributed by atoms with Crippen LogP contribution < -0.4 is 47.9 Å². The molecule has 2 heterocycles. The number of carbonyl (C=O) groups is 9. The van der Waals surface area contributed by atoms with E-state index in [1.165, 1.54) is 66.1 Å². The van der Waals surface area contributed by atoms with Crippen molar-refractivity contribution >= 4 is 86.0 Å². The van der Waals surface area contributed by atoms with Crippen LogP contribution in [0.5, 0.6) is 5.75 Å². The molecule has 8 atom stereocenters. The number of aromatic hydroxyl groups is 1. The summed E-state index contributed by atoms with van der Waals surface area (Å²) in [4.78, 5) is 129. The van der Waals surface area contributed by atoms with Crippen LogP contribution in [-0.2, 0) is 57.6 Å². The van der Waals surface area contributed by atoms with Gasteiger partial charge in [-0.15, -0.1) is 0 Å². The number of aliphatic carboxylic acids is 1. The number of alkyl carbamates (subject to hydrolysis) is 1. The van der Waals surface area contributed by atoms with Crippen LogP contribution in [0.2, 0.25) is 0 Å². The highest BCUT2D eigenvalue weighted by Crippen LogP contribution is 2.64. The standard InChI is InChI=1S/C61H69F17N10O13S2/c1-30(89)43-49(96)86-42(50(97)98)29-103-102-28-41(85-46(93)39(24-31-12-6-5-7-13-31)87-51(99)79-23-21-54(62,63)55(64,65)56(66,67)57(68,69)58(70,71)59(72,73)60(74,75)61(76,77)78)48(95)83-38(25-32-17-19-34(90)20-18-32)45(92)84-40(26-33-27-81-36-15-9-8-14-35(33)36)47(94)82-37(44(91)88-43)16-10-11-22-80-52(100)101-53(2,3)4/h5-9,12-15,17-20,27,30,37-43,81,89-90H,10-11,16,21-26,28-29H2,1-4H3,(H,80,100)(H,82,94)(H,83,95)(H,84,92)(H,85,93)(H,86,96)(H,88,91)(H,97,98)(H2,79,87,99)/t30-,37+,38+,39-,40-,41+,42+,43+/m1/s1. The number of fused-ring (bicyclic) bond motifs is 1. The van der Waals surface area contributed by atoms with Crippen molar-refractivity contribution in [3.8, 4) is 5.75 Å². The van der Waals surface area contributed by atoms with Gasteiger partial charge in [0.1, 0.15) is 53.6 Å². The number of carboxylic acids is 1. The van der Waals surface area contributed by atoms with Crippen LogP contribution in [0.4, 0.5) is 84.2 Å². The number of phenols is 1. The highest BCUT2D eigenvalue weighted by molar-refractivity contribution is 8.76. The number of phenolic OH excluding ortho intramolecular Hbond substituents is 1. The monoisotopic (exact) mass is 1540 g/mol. The van der Waals surface area contributed by atoms with E-state index < -0.39 is 199 Å². The fourth-order valence-electron chi connectivity index (χ4n) is 9.61. The zero-order valence-corrected chi connectivity index (χ0v) is 55.8. The van der Waals surface area contributed by atoms with Gasteiger partial charge in [-0.05, 0) is 81.8 Å². The molecule has 0 spiro atoms. The Labute approximate surface area is 581 Å². The molecule has 103 heavy (non-hydrogen) atoms. The van der Waals surface area contributed by atoms with Crippen molar-refractivity contribution in [2.24, 2.45) is 0 Å². The maximum atomic E-state index is 15.0. The second-order valence-electron chi connectivity index (χ2n) is 24.3. The SMILES string of the molecule is C[C@@H](O)[C@@H]1NC(=O)[C@H](CCCCNC(=O)OC(C)(C)C)NC(=O)[C@@H](Cc2c[nH]c3ccccc23)NC(=O)[C@H](Cc2ccc(O)cc2)NC(=O)[C@@H](NC(=O)[C@@H](Cc2ccccc2)NC(=O)NCCC(F)(F)C(F)(F)C(F)(F)C(F)(F)C(F)(F)C(F)(F)C(F)(F)C(F)(F)F)CSSC[C@@H](C(=O)O)NC1=O. The van der Waals surface area contributed by atoms with E-state index in [0.717, 1.165) is 6.92 Å². The molecule has 9 amide bonds. The number of aromatic amines is 1. The number of amides is 9. The minimum Gasteiger partial charge on any atom is -0.508 e. The maximum Gasteiger partial charge on any atom is 0.460 e. The number of nitrogens with one attached hydrogen (secondary N) is 10. The molecule has 5 rings (SSSR count). The number of carboxylic acid groups (broad SMARTS) is 1. The van der Waals surface area contributed by atoms with Crippen LogP contribution in [0.3, 0.4) is 0 Å². The average Bonchev–Trinajstić information content (AvgIpc) is 0.979. The van der Waals surface area contributed by atoms with E-state index >= 15 is 0 Å². The number of aliphatic hydroxyl groups is 1. The van der Waals surface area contributed by atoms with Gasteiger partial charge < -0.3 is 72.9 Å². The Hall–Kier alpha value is -8.70. The van der Waals surface area contributed by atoms with Crippen molar-refractivity contribution in [2.45, 2.75) is 174 Å². The third-order valence-corrected chi connectivity index (χ3v) is 17.7. The zero-order valence-electron chi connectivity index (χ0n) is 54.1. The molecule has 1 saturated heterocycles. The van der Waals surface area contributed by atoms with Crippen molar-refractivity contribution in [1.29, 1.82) is 0 Å². The number of halogens is 17. The Balaban J connectivity index is 1.53. The van der Waals surface area contributed by atoms with Crippen LogP contribution in [0.15, 0.2) is 85.1 Å². The van der Waals surface area contributed by atoms with E-state index in [1.807, 2.05) is 5.32 Å². The molecule has 0 unspecified atom stereocenters. The Kier molecular flexibility index (Phi) is 28.3. The van der Waals surface area contributed by atoms with Gasteiger partial charge in [-0.2, -0.15) is 74.6 Å². The third-order valence-electron chi connectivity index (χ3n) is 15.2. The smallest absolute Gasteiger partial charge is 0.460 e. The Bertz CT molecular complexity index is 3630. The van der Waals surface area contributed by atoms with E-state index in [0.29, 0.717) is 38.1 Å². The topological polar surface area (TPSA) is 348 Å². The van der Waals surface area contributed by atoms with E-state index in [9.17, 15) is 133 Å². The van der Waals surface area contributed by atoms with E-state index in [1.54, 1.807) is 45.0 Å². The van der Waals surface area contributed by atoms with Gasteiger partial charge in [0.15, 0.2) is 0 Å². The van der Waals surface area contributed by atoms with Gasteiger partial charge in [-0.3, -0.25) is 28.8 Å². The fraction of sp³-hybridized carbons (Fsp3) is 0.525. The lowest BCUT2D eigenvalue weighted by Gasteiger charge is -2.42. The van der Waals surface area contributed by atoms with E-state index in [4.69, 9.17) is 4.74 Å². The normalized spacial score (nSPS) is 20.2. The number of alkyl halides is 17. The van der Waals surface area contributed by atoms with Crippen molar-refractivity contribution in [2.75, 3.05) is 24.6 Å². The first-order chi connectivity index (χ1) is 47.5. The predicted molar refractivity (Wildman–Crippen MR) is 333 cm³/mol. The summed E-state index contributed by atoms with van der Waals surface area (Å²) < 4.78 is 243. The first-order valence-electron chi connectivity index (χ1n) is 30.6. The number of benzene rings is 3. The molecule has 4 aromatic rings. The van der Waals surface area contributed by atoms with Crippen molar-refractivity contribution in [3.05, 3.63) is 102 Å². The summed E-state index contributed by atoms with van der Waals surface area (Å²) in [5, 5.41) is 51.7. The number of H-pyrrole nitrogens is 1. The molecule has 13 N–H and O–H groups in total. The highest BCUT2D eigenvalue weighted by Gasteiger charge is 2.95. The lowest BCUT2D eigenvalue weighted by Crippen LogP contribution is -2.74. The van der Waals surface area contributed by atoms with Crippen LogP contribution in [-0.4, -0.2) is 200 Å². The Morgan fingerprint density at radius 1 is 0.592 bits per heavy atom. The lowest BCUT2D eigenvalue weighted by molar-refractivity contribution is -0.461. The lowest BCUT2D eigenvalue weighted by atomic mass is 9.88. The summed E-state index contributed by atoms with van der Waals surface area (Å²) in [5.74, 6) is -69.4. The van der Waals surface area contributed by atoms with Gasteiger partial charge in [-0.25, -0.2) is 14.4 Å². The van der Waals surface area contributed by atoms with Crippen molar-refractivity contribution in [1.82, 2.24) is 52.8 Å². The molecular weight excluding hydrogens is 1470 g/mol. The van der Waals surface area contributed by atoms with Crippen LogP contribution in [0.1, 0.15) is 70.1 Å². The summed E-state index contributed by atoms with van der Waals surface area (Å²) in [7, 11) is 1.15. The summed E-state index contributed by atoms with van der Waals surface area (Å²) in [6.07, 6.45) is -14.0. The first-order valence-corrected chi connectivity index (χ1v) is 33.1. The molecule has 0 aliphatic carbocycles. The number of ether oxygens (including phenoxy) is 1. The fourth-order valence-corrected chi connectivity index (χ4v) is 11.9. The van der Waals surface area contributed by atoms with Gasteiger partial charge in [0.25, 0.3) is 0 Å². The van der Waals surface area contributed by atoms with Gasteiger partial charge in [0, 0.05) is 67.4 Å². The number of aliphatic hydroxyl groups excluding tert-OH is 1. The summed E-state index contributed by atoms with van der Waals surface area (Å²) in [5.41, 5.74) is 0.295. The van der Waals surface area contributed by atoms with E-state index in [-0.39, 0.29) is 42.7 Å². The Morgan fingerprint density at radius 2 is 1.13 bits per heavy atom. The van der Waals surface area contributed by atoms with Gasteiger partial charge in [0.2, 0.25) is 35.4 Å². The largest absolute Gasteiger partial charge is 0.508 e.